The van der Waals surface area contributed by atoms with E-state index in [1.165, 1.54) is 84.8 Å². The molecule has 0 N–H and O–H groups in total. The number of hydrogen-bond acceptors (Lipinski definition) is 4. The minimum Gasteiger partial charge on any atom is -0.468 e. The van der Waals surface area contributed by atoms with E-state index < -0.39 is 17.9 Å². The molecule has 0 saturated heterocycles. The highest BCUT2D eigenvalue weighted by Gasteiger charge is 2.27. The lowest BCUT2D eigenvalue weighted by atomic mass is 10.00. The van der Waals surface area contributed by atoms with Gasteiger partial charge in [0.15, 0.2) is 5.92 Å². The number of esters is 2. The summed E-state index contributed by atoms with van der Waals surface area (Å²) in [5.74, 6) is -1.75. The van der Waals surface area contributed by atoms with Gasteiger partial charge in [0, 0.05) is 0 Å². The van der Waals surface area contributed by atoms with Crippen LogP contribution in [0.15, 0.2) is 12.2 Å². The molecule has 0 saturated carbocycles. The molecule has 0 heterocycles. The molecule has 158 valence electrons. The largest absolute Gasteiger partial charge is 0.468 e. The van der Waals surface area contributed by atoms with Gasteiger partial charge in [-0.2, -0.15) is 0 Å². The zero-order chi connectivity index (χ0) is 20.2. The standard InChI is InChI=1S/C23H42O4/c1-4-5-6-7-8-9-10-11-12-13-14-15-16-17-18-19-20-21(22(24)26-2)23(25)27-3/h11-12,21H,4-10,13-20H2,1-3H3/b12-11-. The molecule has 0 radical (unpaired) electrons. The van der Waals surface area contributed by atoms with Gasteiger partial charge in [0.05, 0.1) is 14.2 Å². The summed E-state index contributed by atoms with van der Waals surface area (Å²) in [5, 5.41) is 0. The smallest absolute Gasteiger partial charge is 0.320 e. The van der Waals surface area contributed by atoms with Crippen LogP contribution in [0.25, 0.3) is 0 Å². The molecule has 0 amide bonds. The van der Waals surface area contributed by atoms with Crippen LogP contribution in [-0.2, 0) is 19.1 Å². The van der Waals surface area contributed by atoms with Crippen molar-refractivity contribution in [3.8, 4) is 0 Å². The maximum absolute atomic E-state index is 11.6. The van der Waals surface area contributed by atoms with Gasteiger partial charge in [-0.1, -0.05) is 83.3 Å². The van der Waals surface area contributed by atoms with E-state index in [1.54, 1.807) is 0 Å². The van der Waals surface area contributed by atoms with Gasteiger partial charge in [0.1, 0.15) is 0 Å². The number of rotatable bonds is 18. The Bertz CT molecular complexity index is 374. The highest BCUT2D eigenvalue weighted by Crippen LogP contribution is 2.15. The van der Waals surface area contributed by atoms with Gasteiger partial charge in [0.2, 0.25) is 0 Å². The number of allylic oxidation sites excluding steroid dienone is 2. The van der Waals surface area contributed by atoms with Crippen molar-refractivity contribution in [1.29, 1.82) is 0 Å². The molecule has 0 bridgehead atoms. The predicted molar refractivity (Wildman–Crippen MR) is 112 cm³/mol. The summed E-state index contributed by atoms with van der Waals surface area (Å²) < 4.78 is 9.34. The Kier molecular flexibility index (Phi) is 18.5. The second-order valence-electron chi connectivity index (χ2n) is 7.33. The minimum absolute atomic E-state index is 0.491. The molecule has 0 aliphatic rings. The average molecular weight is 383 g/mol. The minimum atomic E-state index is -0.767. The lowest BCUT2D eigenvalue weighted by Crippen LogP contribution is -2.26. The second-order valence-corrected chi connectivity index (χ2v) is 7.33. The van der Waals surface area contributed by atoms with Gasteiger partial charge in [-0.15, -0.1) is 0 Å². The molecule has 0 aromatic carbocycles. The molecule has 0 spiro atoms. The maximum Gasteiger partial charge on any atom is 0.320 e. The van der Waals surface area contributed by atoms with Crippen LogP contribution < -0.4 is 0 Å². The number of methoxy groups -OCH3 is 2. The highest BCUT2D eigenvalue weighted by molar-refractivity contribution is 5.94. The van der Waals surface area contributed by atoms with E-state index in [9.17, 15) is 9.59 Å². The third-order valence-electron chi connectivity index (χ3n) is 4.98. The molecule has 0 fully saturated rings. The van der Waals surface area contributed by atoms with Crippen LogP contribution >= 0.6 is 0 Å². The normalized spacial score (nSPS) is 11.3. The molecule has 0 aliphatic heterocycles. The lowest BCUT2D eigenvalue weighted by molar-refractivity contribution is -0.159. The molecule has 4 nitrogen and oxygen atoms in total. The van der Waals surface area contributed by atoms with E-state index in [-0.39, 0.29) is 0 Å². The first-order chi connectivity index (χ1) is 13.2. The van der Waals surface area contributed by atoms with Crippen molar-refractivity contribution in [2.75, 3.05) is 14.2 Å². The van der Waals surface area contributed by atoms with Crippen molar-refractivity contribution >= 4 is 11.9 Å². The molecule has 0 rings (SSSR count). The fourth-order valence-electron chi connectivity index (χ4n) is 3.21. The van der Waals surface area contributed by atoms with Crippen LogP contribution in [0, 0.1) is 5.92 Å². The number of ether oxygens (including phenoxy) is 2. The van der Waals surface area contributed by atoms with Crippen molar-refractivity contribution in [1.82, 2.24) is 0 Å². The van der Waals surface area contributed by atoms with Crippen LogP contribution in [0.2, 0.25) is 0 Å². The van der Waals surface area contributed by atoms with E-state index in [0.29, 0.717) is 6.42 Å². The molecular formula is C23H42O4. The molecule has 0 aliphatic carbocycles. The molecule has 4 heteroatoms. The Morgan fingerprint density at radius 1 is 0.667 bits per heavy atom. The van der Waals surface area contributed by atoms with E-state index in [1.807, 2.05) is 0 Å². The first-order valence-corrected chi connectivity index (χ1v) is 11.0. The third-order valence-corrected chi connectivity index (χ3v) is 4.98. The topological polar surface area (TPSA) is 52.6 Å². The Morgan fingerprint density at radius 3 is 1.52 bits per heavy atom. The summed E-state index contributed by atoms with van der Waals surface area (Å²) in [6, 6.07) is 0. The fourth-order valence-corrected chi connectivity index (χ4v) is 3.21. The number of hydrogen-bond donors (Lipinski definition) is 0. The van der Waals surface area contributed by atoms with Crippen molar-refractivity contribution in [2.24, 2.45) is 5.92 Å². The van der Waals surface area contributed by atoms with Crippen LogP contribution in [0.4, 0.5) is 0 Å². The first kappa shape index (κ1) is 25.7. The SMILES string of the molecule is CCCCCCCC/C=C\CCCCCCCCC(C(=O)OC)C(=O)OC. The Morgan fingerprint density at radius 2 is 1.07 bits per heavy atom. The maximum atomic E-state index is 11.6. The van der Waals surface area contributed by atoms with E-state index in [0.717, 1.165) is 19.3 Å². The third kappa shape index (κ3) is 15.4. The van der Waals surface area contributed by atoms with Gasteiger partial charge < -0.3 is 9.47 Å². The predicted octanol–water partition coefficient (Wildman–Crippen LogP) is 6.38. The van der Waals surface area contributed by atoms with E-state index in [4.69, 9.17) is 0 Å². The van der Waals surface area contributed by atoms with Crippen molar-refractivity contribution < 1.29 is 19.1 Å². The zero-order valence-electron chi connectivity index (χ0n) is 18.0. The Balaban J connectivity index is 3.47. The molecule has 0 aromatic rings. The van der Waals surface area contributed by atoms with Crippen molar-refractivity contribution in [2.45, 2.75) is 103 Å². The van der Waals surface area contributed by atoms with Gasteiger partial charge in [-0.05, 0) is 32.1 Å². The van der Waals surface area contributed by atoms with Crippen molar-refractivity contribution in [3.63, 3.8) is 0 Å². The summed E-state index contributed by atoms with van der Waals surface area (Å²) in [6.07, 6.45) is 22.6. The quantitative estimate of drug-likeness (QED) is 0.119. The summed E-state index contributed by atoms with van der Waals surface area (Å²) in [7, 11) is 2.61. The second kappa shape index (κ2) is 19.4. The monoisotopic (exact) mass is 382 g/mol. The van der Waals surface area contributed by atoms with Gasteiger partial charge in [-0.3, -0.25) is 9.59 Å². The molecule has 0 unspecified atom stereocenters. The van der Waals surface area contributed by atoms with Crippen LogP contribution in [-0.4, -0.2) is 26.2 Å². The lowest BCUT2D eigenvalue weighted by Gasteiger charge is -2.11. The van der Waals surface area contributed by atoms with Gasteiger partial charge in [-0.25, -0.2) is 0 Å². The van der Waals surface area contributed by atoms with Crippen LogP contribution in [0.5, 0.6) is 0 Å². The van der Waals surface area contributed by atoms with Crippen molar-refractivity contribution in [3.05, 3.63) is 12.2 Å². The molecule has 0 aromatic heterocycles. The fraction of sp³-hybridized carbons (Fsp3) is 0.826. The average Bonchev–Trinajstić information content (AvgIpc) is 2.69. The summed E-state index contributed by atoms with van der Waals surface area (Å²) in [6.45, 7) is 2.26. The van der Waals surface area contributed by atoms with Crippen LogP contribution in [0.1, 0.15) is 103 Å². The summed E-state index contributed by atoms with van der Waals surface area (Å²) >= 11 is 0. The molecular weight excluding hydrogens is 340 g/mol. The highest BCUT2D eigenvalue weighted by atomic mass is 16.5. The van der Waals surface area contributed by atoms with Gasteiger partial charge in [0.25, 0.3) is 0 Å². The zero-order valence-corrected chi connectivity index (χ0v) is 18.0. The van der Waals surface area contributed by atoms with Crippen LogP contribution in [0.3, 0.4) is 0 Å². The number of carbonyl (C=O) groups excluding carboxylic acids is 2. The number of carbonyl (C=O) groups is 2. The Hall–Kier alpha value is -1.32. The molecule has 0 atom stereocenters. The number of unbranched alkanes of at least 4 members (excludes halogenated alkanes) is 12. The Labute approximate surface area is 167 Å². The summed E-state index contributed by atoms with van der Waals surface area (Å²) in [5.41, 5.74) is 0. The van der Waals surface area contributed by atoms with Gasteiger partial charge >= 0.3 is 11.9 Å². The summed E-state index contributed by atoms with van der Waals surface area (Å²) in [4.78, 5) is 23.1. The first-order valence-electron chi connectivity index (χ1n) is 11.0. The van der Waals surface area contributed by atoms with E-state index in [2.05, 4.69) is 28.5 Å². The molecule has 27 heavy (non-hydrogen) atoms. The van der Waals surface area contributed by atoms with E-state index >= 15 is 0 Å².